The Kier molecular flexibility index (Phi) is 5.91. The van der Waals surface area contributed by atoms with Gasteiger partial charge in [-0.25, -0.2) is 0 Å². The van der Waals surface area contributed by atoms with Crippen LogP contribution in [0.5, 0.6) is 0 Å². The average molecular weight is 432 g/mol. The molecule has 0 bridgehead atoms. The molecule has 11 heteroatoms. The number of carboxylic acid groups (broad SMARTS) is 1. The molecule has 2 aliphatic heterocycles. The first-order valence-electron chi connectivity index (χ1n) is 6.56. The first-order chi connectivity index (χ1) is 10.5. The molecule has 2 heterocycles. The Bertz CT molecular complexity index is 451. The van der Waals surface area contributed by atoms with E-state index in [9.17, 15) is 14.4 Å². The quantitative estimate of drug-likeness (QED) is 0.129. The summed E-state index contributed by atoms with van der Waals surface area (Å²) in [5.74, 6) is -1.64. The Labute approximate surface area is 134 Å². The van der Waals surface area contributed by atoms with Crippen molar-refractivity contribution in [1.29, 1.82) is 0 Å². The van der Waals surface area contributed by atoms with Gasteiger partial charge in [0.2, 0.25) is 0 Å². The second kappa shape index (κ2) is 7.50. The SMILES string of the molecule is CNCCN(CC(=O)O)CC(=O)ON1C2C([C@@H]1[OH2+])I2OC=O. The molecular formula is C11H19IN3O7+. The fraction of sp³-hybridized carbons (Fsp3) is 0.727. The average Bonchev–Trinajstić information content (AvgIpc) is 3.11. The van der Waals surface area contributed by atoms with Crippen LogP contribution in [-0.4, -0.2) is 86.0 Å². The van der Waals surface area contributed by atoms with E-state index in [0.29, 0.717) is 19.6 Å². The van der Waals surface area contributed by atoms with Crippen molar-refractivity contribution in [3.63, 3.8) is 0 Å². The number of fused-ring (bicyclic) bond motifs is 1. The van der Waals surface area contributed by atoms with Crippen LogP contribution in [0.3, 0.4) is 0 Å². The van der Waals surface area contributed by atoms with Gasteiger partial charge in [-0.3, -0.25) is 0 Å². The van der Waals surface area contributed by atoms with Gasteiger partial charge in [0.15, 0.2) is 0 Å². The number of hydroxylamine groups is 2. The second-order valence-corrected chi connectivity index (χ2v) is 9.74. The summed E-state index contributed by atoms with van der Waals surface area (Å²) in [6.07, 6.45) is -0.677. The molecule has 2 unspecified atom stereocenters. The van der Waals surface area contributed by atoms with E-state index < -0.39 is 38.4 Å². The number of likely N-dealkylation sites (N-methyl/N-ethyl adjacent to an activating group) is 1. The van der Waals surface area contributed by atoms with Gasteiger partial charge in [-0.15, -0.1) is 0 Å². The molecule has 0 radical (unpaired) electrons. The number of rotatable bonds is 10. The van der Waals surface area contributed by atoms with Gasteiger partial charge in [0, 0.05) is 0 Å². The van der Waals surface area contributed by atoms with Crippen LogP contribution in [0.4, 0.5) is 0 Å². The molecule has 0 aromatic rings. The van der Waals surface area contributed by atoms with Gasteiger partial charge in [-0.2, -0.15) is 0 Å². The fourth-order valence-electron chi connectivity index (χ4n) is 2.14. The molecule has 0 aromatic carbocycles. The molecule has 3 atom stereocenters. The van der Waals surface area contributed by atoms with Crippen LogP contribution in [0.2, 0.25) is 0 Å². The normalized spacial score (nSPS) is 27.8. The number of aliphatic carboxylic acids is 1. The van der Waals surface area contributed by atoms with Crippen molar-refractivity contribution in [2.24, 2.45) is 0 Å². The third-order valence-corrected chi connectivity index (χ3v) is 8.55. The Hall–Kier alpha value is -1.02. The van der Waals surface area contributed by atoms with Crippen molar-refractivity contribution in [2.45, 2.75) is 14.2 Å². The van der Waals surface area contributed by atoms with Crippen LogP contribution in [0.25, 0.3) is 0 Å². The molecule has 2 rings (SSSR count). The van der Waals surface area contributed by atoms with E-state index in [1.165, 1.54) is 9.96 Å². The van der Waals surface area contributed by atoms with Crippen LogP contribution in [0.1, 0.15) is 0 Å². The number of hydrogen-bond acceptors (Lipinski definition) is 8. The zero-order valence-corrected chi connectivity index (χ0v) is 14.1. The summed E-state index contributed by atoms with van der Waals surface area (Å²) in [4.78, 5) is 39.5. The summed E-state index contributed by atoms with van der Waals surface area (Å²) in [5.41, 5.74) is 0. The van der Waals surface area contributed by atoms with E-state index in [4.69, 9.17) is 18.1 Å². The van der Waals surface area contributed by atoms with Crippen LogP contribution in [0.15, 0.2) is 0 Å². The summed E-state index contributed by atoms with van der Waals surface area (Å²) in [5, 5.41) is 20.8. The zero-order chi connectivity index (χ0) is 16.3. The molecule has 22 heavy (non-hydrogen) atoms. The second-order valence-electron chi connectivity index (χ2n) is 4.78. The van der Waals surface area contributed by atoms with Crippen molar-refractivity contribution >= 4 is 38.6 Å². The number of carboxylic acids is 1. The van der Waals surface area contributed by atoms with Crippen molar-refractivity contribution in [3.05, 3.63) is 0 Å². The Morgan fingerprint density at radius 1 is 1.50 bits per heavy atom. The van der Waals surface area contributed by atoms with Crippen LogP contribution < -0.4 is 5.32 Å². The third-order valence-electron chi connectivity index (χ3n) is 3.22. The molecule has 0 aliphatic carbocycles. The predicted octanol–water partition coefficient (Wildman–Crippen LogP) is -2.28. The van der Waals surface area contributed by atoms with E-state index in [-0.39, 0.29) is 21.1 Å². The molecule has 2 saturated heterocycles. The molecule has 0 saturated carbocycles. The maximum absolute atomic E-state index is 11.9. The van der Waals surface area contributed by atoms with E-state index in [1.54, 1.807) is 7.05 Å². The molecule has 4 N–H and O–H groups in total. The van der Waals surface area contributed by atoms with E-state index in [1.807, 2.05) is 0 Å². The first-order valence-corrected chi connectivity index (χ1v) is 9.93. The van der Waals surface area contributed by atoms with Crippen LogP contribution in [0, 0.1) is 0 Å². The maximum atomic E-state index is 11.9. The predicted molar refractivity (Wildman–Crippen MR) is 82.1 cm³/mol. The van der Waals surface area contributed by atoms with E-state index in [2.05, 4.69) is 5.32 Å². The summed E-state index contributed by atoms with van der Waals surface area (Å²) in [6, 6.07) is 0. The number of halogens is 1. The molecule has 2 aliphatic rings. The first kappa shape index (κ1) is 17.3. The number of nitrogens with one attached hydrogen (secondary N) is 1. The minimum atomic E-state index is -1.95. The zero-order valence-electron chi connectivity index (χ0n) is 11.9. The number of hydrogen-bond donors (Lipinski definition) is 2. The Balaban J connectivity index is 1.79. The van der Waals surface area contributed by atoms with Gasteiger partial charge in [-0.1, -0.05) is 0 Å². The van der Waals surface area contributed by atoms with Crippen molar-refractivity contribution < 1.29 is 32.5 Å². The standard InChI is InChI=1S/C11H18IN3O7/c1-13-2-3-14(4-7(17)18)5-8(19)22-15-10-9(11(15)20)12(10)21-6-16/h6,9-11,13,20H,2-5H2,1H3,(H,17,18)/p+1/t9?,10?,11-/m0/s1. The Morgan fingerprint density at radius 2 is 2.23 bits per heavy atom. The monoisotopic (exact) mass is 432 g/mol. The number of alkyl halides is 2. The third kappa shape index (κ3) is 3.84. The molecule has 2 fully saturated rings. The Morgan fingerprint density at radius 3 is 2.82 bits per heavy atom. The van der Waals surface area contributed by atoms with Crippen molar-refractivity contribution in [1.82, 2.24) is 15.3 Å². The summed E-state index contributed by atoms with van der Waals surface area (Å²) in [7, 11) is 1.73. The summed E-state index contributed by atoms with van der Waals surface area (Å²) < 4.78 is 4.89. The molecular weight excluding hydrogens is 413 g/mol. The van der Waals surface area contributed by atoms with Gasteiger partial charge in [0.05, 0.1) is 0 Å². The fourth-order valence-corrected chi connectivity index (χ4v) is 7.49. The van der Waals surface area contributed by atoms with Gasteiger partial charge < -0.3 is 0 Å². The topological polar surface area (TPSA) is 131 Å². The summed E-state index contributed by atoms with van der Waals surface area (Å²) >= 11 is -1.95. The van der Waals surface area contributed by atoms with Crippen molar-refractivity contribution in [3.8, 4) is 0 Å². The van der Waals surface area contributed by atoms with Gasteiger partial charge in [0.1, 0.15) is 0 Å². The number of carbonyl (C=O) groups is 3. The van der Waals surface area contributed by atoms with Gasteiger partial charge in [-0.05, 0) is 0 Å². The van der Waals surface area contributed by atoms with Gasteiger partial charge in [0.25, 0.3) is 0 Å². The van der Waals surface area contributed by atoms with Crippen molar-refractivity contribution in [2.75, 3.05) is 33.2 Å². The van der Waals surface area contributed by atoms with Crippen LogP contribution in [-0.2, 0) is 22.3 Å². The molecule has 0 spiro atoms. The molecule has 0 amide bonds. The minimum absolute atomic E-state index is 0.0432. The van der Waals surface area contributed by atoms with E-state index >= 15 is 0 Å². The number of nitrogens with zero attached hydrogens (tertiary/aromatic N) is 2. The van der Waals surface area contributed by atoms with Gasteiger partial charge >= 0.3 is 134 Å². The molecule has 126 valence electrons. The van der Waals surface area contributed by atoms with E-state index in [0.717, 1.165) is 0 Å². The molecule has 10 nitrogen and oxygen atoms in total. The van der Waals surface area contributed by atoms with Crippen LogP contribution >= 0.6 is 20.2 Å². The number of carbonyl (C=O) groups excluding carboxylic acids is 2. The summed E-state index contributed by atoms with van der Waals surface area (Å²) in [6.45, 7) is 0.888. The molecule has 0 aromatic heterocycles.